The number of hydrogen-bond donors (Lipinski definition) is 2. The first-order chi connectivity index (χ1) is 13.6. The van der Waals surface area contributed by atoms with Gasteiger partial charge in [0.15, 0.2) is 5.69 Å². The molecule has 0 radical (unpaired) electrons. The number of anilines is 1. The molecule has 0 spiro atoms. The van der Waals surface area contributed by atoms with E-state index in [1.54, 1.807) is 17.4 Å². The van der Waals surface area contributed by atoms with Crippen LogP contribution in [-0.2, 0) is 6.54 Å². The molecular formula is C21H21N5OS. The topological polar surface area (TPSA) is 75.6 Å². The second kappa shape index (κ2) is 7.82. The maximum absolute atomic E-state index is 12.6. The third kappa shape index (κ3) is 3.89. The first-order valence-corrected chi connectivity index (χ1v) is 9.98. The maximum atomic E-state index is 12.6. The van der Waals surface area contributed by atoms with Crippen LogP contribution < -0.4 is 5.32 Å². The Morgan fingerprint density at radius 1 is 1.25 bits per heavy atom. The van der Waals surface area contributed by atoms with Crippen LogP contribution in [0.1, 0.15) is 41.6 Å². The van der Waals surface area contributed by atoms with Gasteiger partial charge >= 0.3 is 0 Å². The van der Waals surface area contributed by atoms with E-state index in [0.29, 0.717) is 18.2 Å². The zero-order chi connectivity index (χ0) is 19.5. The minimum absolute atomic E-state index is 0.235. The number of imidazole rings is 1. The molecule has 4 aromatic rings. The monoisotopic (exact) mass is 391 g/mol. The van der Waals surface area contributed by atoms with Crippen LogP contribution in [-0.4, -0.2) is 25.7 Å². The largest absolute Gasteiger partial charge is 0.330 e. The molecule has 0 bridgehead atoms. The molecule has 3 heterocycles. The van der Waals surface area contributed by atoms with Gasteiger partial charge in [-0.25, -0.2) is 4.98 Å². The van der Waals surface area contributed by atoms with Crippen LogP contribution in [0.2, 0.25) is 0 Å². The van der Waals surface area contributed by atoms with Gasteiger partial charge in [-0.3, -0.25) is 9.89 Å². The Bertz CT molecular complexity index is 1080. The van der Waals surface area contributed by atoms with Crippen LogP contribution in [0.15, 0.2) is 60.2 Å². The van der Waals surface area contributed by atoms with Crippen LogP contribution in [0, 0.1) is 0 Å². The zero-order valence-corrected chi connectivity index (χ0v) is 16.5. The molecule has 0 atom stereocenters. The number of nitrogens with zero attached hydrogens (tertiary/aromatic N) is 3. The van der Waals surface area contributed by atoms with Crippen LogP contribution in [0.25, 0.3) is 10.6 Å². The highest BCUT2D eigenvalue weighted by Gasteiger charge is 2.13. The lowest BCUT2D eigenvalue weighted by Crippen LogP contribution is -2.13. The molecule has 28 heavy (non-hydrogen) atoms. The Labute approximate surface area is 167 Å². The summed E-state index contributed by atoms with van der Waals surface area (Å²) in [5.74, 6) is 1.17. The molecule has 6 nitrogen and oxygen atoms in total. The van der Waals surface area contributed by atoms with Crippen LogP contribution >= 0.6 is 11.3 Å². The van der Waals surface area contributed by atoms with Crippen molar-refractivity contribution in [2.45, 2.75) is 26.3 Å². The Morgan fingerprint density at radius 2 is 2.14 bits per heavy atom. The summed E-state index contributed by atoms with van der Waals surface area (Å²) in [6, 6.07) is 13.6. The lowest BCUT2D eigenvalue weighted by atomic mass is 10.1. The quantitative estimate of drug-likeness (QED) is 0.498. The second-order valence-electron chi connectivity index (χ2n) is 6.87. The van der Waals surface area contributed by atoms with Gasteiger partial charge in [0.05, 0.1) is 10.6 Å². The molecule has 1 aromatic carbocycles. The molecule has 0 saturated heterocycles. The molecule has 7 heteroatoms. The molecule has 0 aliphatic rings. The molecule has 0 aliphatic heterocycles. The van der Waals surface area contributed by atoms with Crippen molar-refractivity contribution in [1.29, 1.82) is 0 Å². The Hall–Kier alpha value is -3.19. The van der Waals surface area contributed by atoms with E-state index in [4.69, 9.17) is 0 Å². The third-order valence-electron chi connectivity index (χ3n) is 4.40. The number of carbonyl (C=O) groups excluding carboxylic acids is 1. The van der Waals surface area contributed by atoms with Crippen molar-refractivity contribution >= 4 is 22.9 Å². The van der Waals surface area contributed by atoms with Crippen molar-refractivity contribution in [1.82, 2.24) is 19.7 Å². The predicted molar refractivity (Wildman–Crippen MR) is 112 cm³/mol. The van der Waals surface area contributed by atoms with E-state index >= 15 is 0 Å². The van der Waals surface area contributed by atoms with E-state index in [1.807, 2.05) is 54.2 Å². The SMILES string of the molecule is CC(C)c1nccn1Cc1cccc(NC(=O)c2cc(-c3cccs3)[nH]n2)c1. The summed E-state index contributed by atoms with van der Waals surface area (Å²) in [7, 11) is 0. The van der Waals surface area contributed by atoms with E-state index in [9.17, 15) is 4.79 Å². The zero-order valence-electron chi connectivity index (χ0n) is 15.7. The van der Waals surface area contributed by atoms with E-state index in [2.05, 4.69) is 38.9 Å². The number of thiophene rings is 1. The van der Waals surface area contributed by atoms with Gasteiger partial charge in [-0.2, -0.15) is 5.10 Å². The molecule has 0 aliphatic carbocycles. The van der Waals surface area contributed by atoms with Gasteiger partial charge in [-0.1, -0.05) is 32.0 Å². The fourth-order valence-corrected chi connectivity index (χ4v) is 3.78. The van der Waals surface area contributed by atoms with Gasteiger partial charge < -0.3 is 9.88 Å². The van der Waals surface area contributed by atoms with E-state index in [-0.39, 0.29) is 5.91 Å². The second-order valence-corrected chi connectivity index (χ2v) is 7.81. The molecule has 1 amide bonds. The summed E-state index contributed by atoms with van der Waals surface area (Å²) in [4.78, 5) is 18.0. The maximum Gasteiger partial charge on any atom is 0.276 e. The predicted octanol–water partition coefficient (Wildman–Crippen LogP) is 4.76. The molecule has 3 aromatic heterocycles. The van der Waals surface area contributed by atoms with E-state index in [1.165, 1.54) is 0 Å². The average Bonchev–Trinajstić information content (AvgIpc) is 3.42. The minimum Gasteiger partial charge on any atom is -0.330 e. The fourth-order valence-electron chi connectivity index (χ4n) is 3.09. The van der Waals surface area contributed by atoms with Crippen molar-refractivity contribution in [3.8, 4) is 10.6 Å². The summed E-state index contributed by atoms with van der Waals surface area (Å²) in [5, 5.41) is 12.0. The van der Waals surface area contributed by atoms with Gasteiger partial charge in [-0.05, 0) is 35.2 Å². The highest BCUT2D eigenvalue weighted by Crippen LogP contribution is 2.23. The van der Waals surface area contributed by atoms with Crippen LogP contribution in [0.4, 0.5) is 5.69 Å². The molecular weight excluding hydrogens is 370 g/mol. The van der Waals surface area contributed by atoms with Crippen LogP contribution in [0.3, 0.4) is 0 Å². The van der Waals surface area contributed by atoms with Crippen molar-refractivity contribution in [2.24, 2.45) is 0 Å². The Balaban J connectivity index is 1.47. The smallest absolute Gasteiger partial charge is 0.276 e. The van der Waals surface area contributed by atoms with E-state index in [0.717, 1.165) is 27.6 Å². The highest BCUT2D eigenvalue weighted by atomic mass is 32.1. The first kappa shape index (κ1) is 18.2. The number of amides is 1. The fraction of sp³-hybridized carbons (Fsp3) is 0.190. The first-order valence-electron chi connectivity index (χ1n) is 9.11. The van der Waals surface area contributed by atoms with Crippen molar-refractivity contribution < 1.29 is 4.79 Å². The number of aromatic amines is 1. The molecule has 0 fully saturated rings. The number of benzene rings is 1. The number of hydrogen-bond acceptors (Lipinski definition) is 4. The van der Waals surface area contributed by atoms with Crippen LogP contribution in [0.5, 0.6) is 0 Å². The van der Waals surface area contributed by atoms with Crippen molar-refractivity contribution in [2.75, 3.05) is 5.32 Å². The highest BCUT2D eigenvalue weighted by molar-refractivity contribution is 7.13. The molecule has 142 valence electrons. The summed E-state index contributed by atoms with van der Waals surface area (Å²) in [6.07, 6.45) is 3.81. The number of rotatable bonds is 6. The summed E-state index contributed by atoms with van der Waals surface area (Å²) >= 11 is 1.60. The van der Waals surface area contributed by atoms with Crippen molar-refractivity contribution in [3.05, 3.63) is 77.3 Å². The Morgan fingerprint density at radius 3 is 2.93 bits per heavy atom. The molecule has 0 unspecified atom stereocenters. The molecule has 2 N–H and O–H groups in total. The number of aromatic nitrogens is 4. The minimum atomic E-state index is -0.235. The summed E-state index contributed by atoms with van der Waals surface area (Å²) in [6.45, 7) is 4.97. The van der Waals surface area contributed by atoms with E-state index < -0.39 is 0 Å². The summed E-state index contributed by atoms with van der Waals surface area (Å²) in [5.41, 5.74) is 3.05. The molecule has 4 rings (SSSR count). The van der Waals surface area contributed by atoms with Gasteiger partial charge in [0.25, 0.3) is 5.91 Å². The standard InChI is InChI=1S/C21H21N5OS/c1-14(2)20-22-8-9-26(20)13-15-5-3-6-16(11-15)23-21(27)18-12-17(24-25-18)19-7-4-10-28-19/h3-12,14H,13H2,1-2H3,(H,23,27)(H,24,25). The number of H-pyrrole nitrogens is 1. The lowest BCUT2D eigenvalue weighted by molar-refractivity contribution is 0.102. The summed E-state index contributed by atoms with van der Waals surface area (Å²) < 4.78 is 2.13. The van der Waals surface area contributed by atoms with Gasteiger partial charge in [-0.15, -0.1) is 11.3 Å². The lowest BCUT2D eigenvalue weighted by Gasteiger charge is -2.11. The van der Waals surface area contributed by atoms with Gasteiger partial charge in [0.2, 0.25) is 0 Å². The third-order valence-corrected chi connectivity index (χ3v) is 5.30. The average molecular weight is 392 g/mol. The number of carbonyl (C=O) groups is 1. The van der Waals surface area contributed by atoms with Crippen molar-refractivity contribution in [3.63, 3.8) is 0 Å². The Kier molecular flexibility index (Phi) is 5.08. The molecule has 0 saturated carbocycles. The number of nitrogens with one attached hydrogen (secondary N) is 2. The van der Waals surface area contributed by atoms with Gasteiger partial charge in [0, 0.05) is 30.5 Å². The normalized spacial score (nSPS) is 11.1. The van der Waals surface area contributed by atoms with Gasteiger partial charge in [0.1, 0.15) is 5.82 Å².